The molecule has 3 atom stereocenters. The molecule has 2 N–H and O–H groups in total. The lowest BCUT2D eigenvalue weighted by atomic mass is 9.93. The number of nitrogens with zero attached hydrogens (tertiary/aromatic N) is 1. The Balaban J connectivity index is 2.50. The Labute approximate surface area is 228 Å². The predicted octanol–water partition coefficient (Wildman–Crippen LogP) is 5.84. The molecule has 0 radical (unpaired) electrons. The molecule has 0 aliphatic heterocycles. The van der Waals surface area contributed by atoms with Crippen LogP contribution in [0, 0.1) is 19.8 Å². The zero-order valence-corrected chi connectivity index (χ0v) is 24.3. The van der Waals surface area contributed by atoms with Crippen LogP contribution in [0.15, 0.2) is 48.5 Å². The third-order valence-electron chi connectivity index (χ3n) is 6.50. The molecule has 7 nitrogen and oxygen atoms in total. The minimum absolute atomic E-state index is 0.166. The van der Waals surface area contributed by atoms with Crippen molar-refractivity contribution in [1.29, 1.82) is 0 Å². The number of ether oxygens (including phenoxy) is 1. The van der Waals surface area contributed by atoms with Gasteiger partial charge in [0.1, 0.15) is 17.7 Å². The molecule has 2 aromatic carbocycles. The van der Waals surface area contributed by atoms with Crippen LogP contribution < -0.4 is 10.6 Å². The van der Waals surface area contributed by atoms with Gasteiger partial charge in [-0.1, -0.05) is 81.3 Å². The highest BCUT2D eigenvalue weighted by Gasteiger charge is 2.38. The van der Waals surface area contributed by atoms with E-state index in [-0.39, 0.29) is 17.7 Å². The molecular formula is C31H45N3O4. The van der Waals surface area contributed by atoms with Crippen molar-refractivity contribution in [1.82, 2.24) is 15.5 Å². The highest BCUT2D eigenvalue weighted by molar-refractivity contribution is 5.92. The van der Waals surface area contributed by atoms with E-state index in [2.05, 4.69) is 10.6 Å². The van der Waals surface area contributed by atoms with Crippen molar-refractivity contribution in [2.45, 2.75) is 92.5 Å². The topological polar surface area (TPSA) is 87.7 Å². The highest BCUT2D eigenvalue weighted by atomic mass is 16.6. The van der Waals surface area contributed by atoms with E-state index >= 15 is 0 Å². The Morgan fingerprint density at radius 1 is 1.00 bits per heavy atom. The van der Waals surface area contributed by atoms with Crippen molar-refractivity contribution in [3.63, 3.8) is 0 Å². The second-order valence-electron chi connectivity index (χ2n) is 11.0. The number of aryl methyl sites for hydroxylation is 2. The van der Waals surface area contributed by atoms with Gasteiger partial charge in [0.2, 0.25) is 11.8 Å². The molecule has 0 fully saturated rings. The van der Waals surface area contributed by atoms with Gasteiger partial charge in [-0.05, 0) is 63.6 Å². The van der Waals surface area contributed by atoms with Crippen LogP contribution >= 0.6 is 0 Å². The second-order valence-corrected chi connectivity index (χ2v) is 11.0. The molecule has 208 valence electrons. The van der Waals surface area contributed by atoms with Crippen LogP contribution in [0.4, 0.5) is 4.79 Å². The summed E-state index contributed by atoms with van der Waals surface area (Å²) in [5, 5.41) is 5.86. The normalized spacial score (nSPS) is 13.7. The van der Waals surface area contributed by atoms with Gasteiger partial charge in [0.05, 0.1) is 0 Å². The summed E-state index contributed by atoms with van der Waals surface area (Å²) in [5.74, 6) is -0.724. The van der Waals surface area contributed by atoms with Crippen LogP contribution in [0.1, 0.15) is 82.7 Å². The number of rotatable bonds is 11. The number of benzene rings is 2. The molecule has 2 rings (SSSR count). The van der Waals surface area contributed by atoms with Gasteiger partial charge in [-0.25, -0.2) is 4.79 Å². The van der Waals surface area contributed by atoms with E-state index in [1.54, 1.807) is 25.7 Å². The fourth-order valence-corrected chi connectivity index (χ4v) is 4.29. The van der Waals surface area contributed by atoms with Crippen molar-refractivity contribution >= 4 is 17.9 Å². The van der Waals surface area contributed by atoms with Gasteiger partial charge >= 0.3 is 6.09 Å². The Morgan fingerprint density at radius 3 is 2.24 bits per heavy atom. The first-order valence-electron chi connectivity index (χ1n) is 13.6. The average Bonchev–Trinajstić information content (AvgIpc) is 2.86. The largest absolute Gasteiger partial charge is 0.444 e. The number of carbonyl (C=O) groups excluding carboxylic acids is 3. The molecule has 0 heterocycles. The van der Waals surface area contributed by atoms with Crippen LogP contribution in [0.2, 0.25) is 0 Å². The van der Waals surface area contributed by atoms with Crippen LogP contribution in [0.3, 0.4) is 0 Å². The summed E-state index contributed by atoms with van der Waals surface area (Å²) in [7, 11) is 0. The Bertz CT molecular complexity index is 1080. The lowest BCUT2D eigenvalue weighted by Gasteiger charge is -2.36. The lowest BCUT2D eigenvalue weighted by Crippen LogP contribution is -2.55. The summed E-state index contributed by atoms with van der Waals surface area (Å²) in [6.07, 6.45) is 0.670. The van der Waals surface area contributed by atoms with Gasteiger partial charge in [0, 0.05) is 13.1 Å². The fourth-order valence-electron chi connectivity index (χ4n) is 4.29. The summed E-state index contributed by atoms with van der Waals surface area (Å²) in [6.45, 7) is 15.8. The Hall–Kier alpha value is -3.35. The van der Waals surface area contributed by atoms with Crippen LogP contribution in [-0.2, 0) is 20.9 Å². The highest BCUT2D eigenvalue weighted by Crippen LogP contribution is 2.28. The maximum Gasteiger partial charge on any atom is 0.408 e. The summed E-state index contributed by atoms with van der Waals surface area (Å²) >= 11 is 0. The van der Waals surface area contributed by atoms with Crippen LogP contribution in [0.25, 0.3) is 0 Å². The monoisotopic (exact) mass is 523 g/mol. The number of hydrogen-bond acceptors (Lipinski definition) is 4. The van der Waals surface area contributed by atoms with Gasteiger partial charge in [0.25, 0.3) is 0 Å². The zero-order chi connectivity index (χ0) is 28.5. The summed E-state index contributed by atoms with van der Waals surface area (Å²) < 4.78 is 5.47. The lowest BCUT2D eigenvalue weighted by molar-refractivity contribution is -0.143. The van der Waals surface area contributed by atoms with Gasteiger partial charge in [-0.15, -0.1) is 0 Å². The SMILES string of the molecule is CCCN(C(=O)C(NC(=O)OC(C)(C)C)C(C)CC)C(C(=O)NCc1ccccc1)c1cc(C)ccc1C. The molecule has 7 heteroatoms. The molecule has 0 saturated heterocycles. The van der Waals surface area contributed by atoms with Gasteiger partial charge in [0.15, 0.2) is 0 Å². The molecular weight excluding hydrogens is 478 g/mol. The Kier molecular flexibility index (Phi) is 11.4. The molecule has 0 aliphatic rings. The van der Waals surface area contributed by atoms with E-state index in [0.29, 0.717) is 25.9 Å². The minimum Gasteiger partial charge on any atom is -0.444 e. The van der Waals surface area contributed by atoms with E-state index in [4.69, 9.17) is 4.74 Å². The first-order valence-corrected chi connectivity index (χ1v) is 13.6. The summed E-state index contributed by atoms with van der Waals surface area (Å²) in [6, 6.07) is 13.9. The van der Waals surface area contributed by atoms with Crippen molar-refractivity contribution in [3.8, 4) is 0 Å². The zero-order valence-electron chi connectivity index (χ0n) is 24.3. The van der Waals surface area contributed by atoms with E-state index in [9.17, 15) is 14.4 Å². The third-order valence-corrected chi connectivity index (χ3v) is 6.50. The van der Waals surface area contributed by atoms with Crippen molar-refractivity contribution in [3.05, 3.63) is 70.8 Å². The van der Waals surface area contributed by atoms with Crippen LogP contribution in [-0.4, -0.2) is 41.0 Å². The number of hydrogen-bond donors (Lipinski definition) is 2. The molecule has 0 saturated carbocycles. The predicted molar refractivity (Wildman–Crippen MR) is 152 cm³/mol. The minimum atomic E-state index is -0.849. The van der Waals surface area contributed by atoms with E-state index < -0.39 is 23.8 Å². The molecule has 3 amide bonds. The standard InChI is InChI=1S/C31H45N3O4/c1-9-18-34(29(36)26(22(4)10-2)33-30(37)38-31(6,7)8)27(25-19-21(3)16-17-23(25)5)28(35)32-20-24-14-12-11-13-15-24/h11-17,19,22,26-27H,9-10,18,20H2,1-8H3,(H,32,35)(H,33,37). The number of alkyl carbamates (subject to hydrolysis) is 1. The summed E-state index contributed by atoms with van der Waals surface area (Å²) in [4.78, 5) is 42.4. The average molecular weight is 524 g/mol. The molecule has 2 aromatic rings. The van der Waals surface area contributed by atoms with Crippen molar-refractivity contribution in [2.75, 3.05) is 6.54 Å². The first-order chi connectivity index (χ1) is 17.9. The van der Waals surface area contributed by atoms with Gasteiger partial charge < -0.3 is 20.3 Å². The van der Waals surface area contributed by atoms with Crippen molar-refractivity contribution < 1.29 is 19.1 Å². The van der Waals surface area contributed by atoms with E-state index in [0.717, 1.165) is 22.3 Å². The quantitative estimate of drug-likeness (QED) is 0.387. The van der Waals surface area contributed by atoms with Gasteiger partial charge in [-0.2, -0.15) is 0 Å². The second kappa shape index (κ2) is 14.0. The molecule has 0 spiro atoms. The smallest absolute Gasteiger partial charge is 0.408 e. The summed E-state index contributed by atoms with van der Waals surface area (Å²) in [5.41, 5.74) is 2.97. The van der Waals surface area contributed by atoms with Crippen molar-refractivity contribution in [2.24, 2.45) is 5.92 Å². The maximum atomic E-state index is 14.2. The third kappa shape index (κ3) is 8.89. The number of nitrogens with one attached hydrogen (secondary N) is 2. The molecule has 0 aromatic heterocycles. The Morgan fingerprint density at radius 2 is 1.66 bits per heavy atom. The van der Waals surface area contributed by atoms with Crippen LogP contribution in [0.5, 0.6) is 0 Å². The fraction of sp³-hybridized carbons (Fsp3) is 0.516. The van der Waals surface area contributed by atoms with E-state index in [1.165, 1.54) is 0 Å². The number of carbonyl (C=O) groups is 3. The molecule has 0 aliphatic carbocycles. The van der Waals surface area contributed by atoms with Gasteiger partial charge in [-0.3, -0.25) is 9.59 Å². The van der Waals surface area contributed by atoms with E-state index in [1.807, 2.05) is 83.1 Å². The first kappa shape index (κ1) is 30.9. The molecule has 3 unspecified atom stereocenters. The maximum absolute atomic E-state index is 14.2. The number of amides is 3. The molecule has 0 bridgehead atoms. The molecule has 38 heavy (non-hydrogen) atoms.